The number of carbonyl (C=O) groups excluding carboxylic acids is 1. The number of amides is 1. The van der Waals surface area contributed by atoms with Gasteiger partial charge >= 0.3 is 0 Å². The van der Waals surface area contributed by atoms with E-state index in [9.17, 15) is 4.79 Å². The summed E-state index contributed by atoms with van der Waals surface area (Å²) in [5, 5.41) is 6.30. The second-order valence-corrected chi connectivity index (χ2v) is 4.76. The first kappa shape index (κ1) is 13.5. The van der Waals surface area contributed by atoms with E-state index < -0.39 is 0 Å². The summed E-state index contributed by atoms with van der Waals surface area (Å²) >= 11 is 0. The molecule has 1 rings (SSSR count). The largest absolute Gasteiger partial charge is 0.352 e. The Kier molecular flexibility index (Phi) is 5.22. The monoisotopic (exact) mass is 227 g/mol. The molecular weight excluding hydrogens is 202 g/mol. The molecule has 1 aliphatic heterocycles. The van der Waals surface area contributed by atoms with Crippen LogP contribution in [0.3, 0.4) is 0 Å². The molecule has 0 spiro atoms. The Morgan fingerprint density at radius 3 is 2.69 bits per heavy atom. The first-order valence-corrected chi connectivity index (χ1v) is 6.30. The van der Waals surface area contributed by atoms with Gasteiger partial charge in [0, 0.05) is 25.2 Å². The summed E-state index contributed by atoms with van der Waals surface area (Å²) in [6.07, 6.45) is 2.12. The molecule has 4 heteroatoms. The summed E-state index contributed by atoms with van der Waals surface area (Å²) in [7, 11) is 1.98. The maximum atomic E-state index is 11.9. The number of rotatable bonds is 5. The molecule has 0 aromatic rings. The number of nitrogens with one attached hydrogen (secondary N) is 2. The van der Waals surface area contributed by atoms with Crippen molar-refractivity contribution in [3.8, 4) is 0 Å². The van der Waals surface area contributed by atoms with Gasteiger partial charge in [0.15, 0.2) is 0 Å². The quantitative estimate of drug-likeness (QED) is 0.722. The Bertz CT molecular complexity index is 232. The van der Waals surface area contributed by atoms with Gasteiger partial charge in [0.2, 0.25) is 5.91 Å². The lowest BCUT2D eigenvalue weighted by Gasteiger charge is -2.25. The first-order valence-electron chi connectivity index (χ1n) is 6.30. The summed E-state index contributed by atoms with van der Waals surface area (Å²) in [6, 6.07) is 0.809. The van der Waals surface area contributed by atoms with E-state index in [0.29, 0.717) is 6.04 Å². The van der Waals surface area contributed by atoms with Gasteiger partial charge in [0.05, 0.1) is 6.04 Å². The van der Waals surface area contributed by atoms with Crippen LogP contribution in [0.2, 0.25) is 0 Å². The van der Waals surface area contributed by atoms with E-state index >= 15 is 0 Å². The lowest BCUT2D eigenvalue weighted by Crippen LogP contribution is -2.47. The predicted molar refractivity (Wildman–Crippen MR) is 66.4 cm³/mol. The normalized spacial score (nSPS) is 25.4. The van der Waals surface area contributed by atoms with E-state index in [0.717, 1.165) is 25.9 Å². The highest BCUT2D eigenvalue weighted by molar-refractivity contribution is 5.81. The standard InChI is InChI=1S/C12H25N3O/c1-5-9(2)14-12(16)10(3)15-7-6-11(8-15)13-4/h9-11,13H,5-8H2,1-4H3,(H,14,16). The molecule has 0 aliphatic carbocycles. The molecule has 16 heavy (non-hydrogen) atoms. The number of nitrogens with zero attached hydrogens (tertiary/aromatic N) is 1. The molecule has 0 radical (unpaired) electrons. The summed E-state index contributed by atoms with van der Waals surface area (Å²) in [5.74, 6) is 0.158. The highest BCUT2D eigenvalue weighted by atomic mass is 16.2. The van der Waals surface area contributed by atoms with Crippen LogP contribution in [0, 0.1) is 0 Å². The Labute approximate surface area is 98.8 Å². The molecule has 2 N–H and O–H groups in total. The molecule has 0 aromatic heterocycles. The van der Waals surface area contributed by atoms with Crippen LogP contribution in [-0.2, 0) is 4.79 Å². The van der Waals surface area contributed by atoms with Crippen molar-refractivity contribution in [2.24, 2.45) is 0 Å². The Morgan fingerprint density at radius 2 is 2.19 bits per heavy atom. The lowest BCUT2D eigenvalue weighted by molar-refractivity contribution is -0.126. The van der Waals surface area contributed by atoms with Crippen LogP contribution in [0.25, 0.3) is 0 Å². The van der Waals surface area contributed by atoms with Gasteiger partial charge in [-0.1, -0.05) is 6.92 Å². The Morgan fingerprint density at radius 1 is 1.50 bits per heavy atom. The van der Waals surface area contributed by atoms with Gasteiger partial charge in [-0.15, -0.1) is 0 Å². The van der Waals surface area contributed by atoms with Gasteiger partial charge in [-0.3, -0.25) is 9.69 Å². The number of likely N-dealkylation sites (tertiary alicyclic amines) is 1. The zero-order chi connectivity index (χ0) is 12.1. The molecule has 0 aromatic carbocycles. The molecule has 1 amide bonds. The third kappa shape index (κ3) is 3.46. The average molecular weight is 227 g/mol. The summed E-state index contributed by atoms with van der Waals surface area (Å²) < 4.78 is 0. The van der Waals surface area contributed by atoms with Crippen molar-refractivity contribution in [1.82, 2.24) is 15.5 Å². The van der Waals surface area contributed by atoms with Crippen LogP contribution in [-0.4, -0.2) is 49.1 Å². The maximum Gasteiger partial charge on any atom is 0.237 e. The highest BCUT2D eigenvalue weighted by Crippen LogP contribution is 2.12. The molecule has 1 fully saturated rings. The van der Waals surface area contributed by atoms with Gasteiger partial charge in [0.1, 0.15) is 0 Å². The zero-order valence-electron chi connectivity index (χ0n) is 10.9. The molecule has 3 unspecified atom stereocenters. The van der Waals surface area contributed by atoms with Gasteiger partial charge < -0.3 is 10.6 Å². The van der Waals surface area contributed by atoms with Crippen molar-refractivity contribution in [1.29, 1.82) is 0 Å². The van der Waals surface area contributed by atoms with E-state index in [1.807, 2.05) is 20.9 Å². The van der Waals surface area contributed by atoms with Gasteiger partial charge in [-0.25, -0.2) is 0 Å². The molecule has 94 valence electrons. The molecule has 0 saturated carbocycles. The molecule has 1 saturated heterocycles. The molecular formula is C12H25N3O. The summed E-state index contributed by atoms with van der Waals surface area (Å²) in [5.41, 5.74) is 0. The van der Waals surface area contributed by atoms with Crippen molar-refractivity contribution in [3.63, 3.8) is 0 Å². The van der Waals surface area contributed by atoms with Gasteiger partial charge in [-0.05, 0) is 33.7 Å². The Balaban J connectivity index is 2.39. The summed E-state index contributed by atoms with van der Waals surface area (Å²) in [4.78, 5) is 14.2. The number of hydrogen-bond acceptors (Lipinski definition) is 3. The fourth-order valence-corrected chi connectivity index (χ4v) is 2.01. The van der Waals surface area contributed by atoms with E-state index in [4.69, 9.17) is 0 Å². The minimum atomic E-state index is -0.00708. The van der Waals surface area contributed by atoms with E-state index in [-0.39, 0.29) is 18.0 Å². The molecule has 1 aliphatic rings. The molecule has 3 atom stereocenters. The van der Waals surface area contributed by atoms with Gasteiger partial charge in [-0.2, -0.15) is 0 Å². The third-order valence-corrected chi connectivity index (χ3v) is 3.56. The minimum Gasteiger partial charge on any atom is -0.352 e. The summed E-state index contributed by atoms with van der Waals surface area (Å²) in [6.45, 7) is 8.12. The van der Waals surface area contributed by atoms with Crippen molar-refractivity contribution in [3.05, 3.63) is 0 Å². The highest BCUT2D eigenvalue weighted by Gasteiger charge is 2.28. The maximum absolute atomic E-state index is 11.9. The van der Waals surface area contributed by atoms with E-state index in [1.54, 1.807) is 0 Å². The molecule has 0 bridgehead atoms. The molecule has 4 nitrogen and oxygen atoms in total. The Hall–Kier alpha value is -0.610. The fourth-order valence-electron chi connectivity index (χ4n) is 2.01. The van der Waals surface area contributed by atoms with Crippen LogP contribution in [0.1, 0.15) is 33.6 Å². The van der Waals surface area contributed by atoms with Crippen molar-refractivity contribution in [2.75, 3.05) is 20.1 Å². The second kappa shape index (κ2) is 6.21. The number of carbonyl (C=O) groups is 1. The fraction of sp³-hybridized carbons (Fsp3) is 0.917. The SMILES string of the molecule is CCC(C)NC(=O)C(C)N1CCC(NC)C1. The number of hydrogen-bond donors (Lipinski definition) is 2. The van der Waals surface area contributed by atoms with Gasteiger partial charge in [0.25, 0.3) is 0 Å². The van der Waals surface area contributed by atoms with Crippen LogP contribution in [0.4, 0.5) is 0 Å². The zero-order valence-corrected chi connectivity index (χ0v) is 10.9. The minimum absolute atomic E-state index is 0.00708. The lowest BCUT2D eigenvalue weighted by atomic mass is 10.2. The van der Waals surface area contributed by atoms with E-state index in [2.05, 4.69) is 22.5 Å². The smallest absolute Gasteiger partial charge is 0.237 e. The van der Waals surface area contributed by atoms with Crippen molar-refractivity contribution >= 4 is 5.91 Å². The number of likely N-dealkylation sites (N-methyl/N-ethyl adjacent to an activating group) is 1. The van der Waals surface area contributed by atoms with E-state index in [1.165, 1.54) is 0 Å². The predicted octanol–water partition coefficient (Wildman–Crippen LogP) is 0.583. The first-order chi connectivity index (χ1) is 7.58. The third-order valence-electron chi connectivity index (χ3n) is 3.56. The average Bonchev–Trinajstić information content (AvgIpc) is 2.76. The topological polar surface area (TPSA) is 44.4 Å². The van der Waals surface area contributed by atoms with Crippen LogP contribution >= 0.6 is 0 Å². The van der Waals surface area contributed by atoms with Crippen LogP contribution in [0.5, 0.6) is 0 Å². The van der Waals surface area contributed by atoms with Crippen molar-refractivity contribution < 1.29 is 4.79 Å². The molecule has 1 heterocycles. The van der Waals surface area contributed by atoms with Crippen LogP contribution in [0.15, 0.2) is 0 Å². The van der Waals surface area contributed by atoms with Crippen LogP contribution < -0.4 is 10.6 Å². The van der Waals surface area contributed by atoms with Crippen molar-refractivity contribution in [2.45, 2.75) is 51.7 Å². The second-order valence-electron chi connectivity index (χ2n) is 4.76.